The number of aryl methyl sites for hydroxylation is 1. The van der Waals surface area contributed by atoms with Crippen molar-refractivity contribution < 1.29 is 14.2 Å². The van der Waals surface area contributed by atoms with Gasteiger partial charge in [-0.05, 0) is 68.5 Å². The topological polar surface area (TPSA) is 41.5 Å². The van der Waals surface area contributed by atoms with Gasteiger partial charge >= 0.3 is 0 Å². The first-order valence-electron chi connectivity index (χ1n) is 9.01. The molecule has 2 aromatic carbocycles. The van der Waals surface area contributed by atoms with Crippen molar-refractivity contribution in [3.63, 3.8) is 0 Å². The van der Waals surface area contributed by atoms with E-state index in [9.17, 15) is 9.50 Å². The summed E-state index contributed by atoms with van der Waals surface area (Å²) < 4.78 is 19.0. The van der Waals surface area contributed by atoms with E-state index < -0.39 is 6.10 Å². The number of hydrogen-bond acceptors (Lipinski definition) is 3. The Labute approximate surface area is 148 Å². The van der Waals surface area contributed by atoms with Crippen LogP contribution >= 0.6 is 0 Å². The number of hydrogen-bond donors (Lipinski definition) is 2. The van der Waals surface area contributed by atoms with Crippen LogP contribution in [0.25, 0.3) is 0 Å². The minimum atomic E-state index is -0.526. The molecule has 3 atom stereocenters. The second kappa shape index (κ2) is 8.45. The average molecular weight is 343 g/mol. The summed E-state index contributed by atoms with van der Waals surface area (Å²) in [5, 5.41) is 14.1. The molecule has 0 unspecified atom stereocenters. The van der Waals surface area contributed by atoms with E-state index in [1.54, 1.807) is 12.1 Å². The van der Waals surface area contributed by atoms with E-state index in [0.29, 0.717) is 0 Å². The van der Waals surface area contributed by atoms with Gasteiger partial charge in [-0.15, -0.1) is 0 Å². The maximum atomic E-state index is 12.9. The summed E-state index contributed by atoms with van der Waals surface area (Å²) >= 11 is 0. The molecule has 1 saturated carbocycles. The van der Waals surface area contributed by atoms with E-state index in [1.807, 2.05) is 31.2 Å². The minimum absolute atomic E-state index is 0.0308. The third kappa shape index (κ3) is 4.80. The van der Waals surface area contributed by atoms with Crippen molar-refractivity contribution in [1.82, 2.24) is 5.32 Å². The van der Waals surface area contributed by atoms with Gasteiger partial charge in [0, 0.05) is 6.04 Å². The number of ether oxygens (including phenoxy) is 1. The summed E-state index contributed by atoms with van der Waals surface area (Å²) in [6.07, 6.45) is 2.94. The van der Waals surface area contributed by atoms with Crippen LogP contribution in [-0.4, -0.2) is 29.9 Å². The summed E-state index contributed by atoms with van der Waals surface area (Å²) in [5.41, 5.74) is 2.17. The Balaban J connectivity index is 1.52. The third-order valence-electron chi connectivity index (χ3n) is 4.90. The Bertz CT molecular complexity index is 674. The molecule has 0 aliphatic heterocycles. The molecule has 134 valence electrons. The largest absolute Gasteiger partial charge is 0.487 e. The molecular formula is C21H26FNO2. The van der Waals surface area contributed by atoms with Gasteiger partial charge in [0.05, 0.1) is 0 Å². The van der Waals surface area contributed by atoms with Crippen LogP contribution in [-0.2, 0) is 6.42 Å². The molecule has 0 aromatic heterocycles. The lowest BCUT2D eigenvalue weighted by atomic mass is 9.89. The van der Waals surface area contributed by atoms with Crippen LogP contribution < -0.4 is 10.1 Å². The maximum absolute atomic E-state index is 12.9. The summed E-state index contributed by atoms with van der Waals surface area (Å²) in [5.74, 6) is 0.633. The molecular weight excluding hydrogens is 317 g/mol. The molecule has 4 heteroatoms. The van der Waals surface area contributed by atoms with Crippen molar-refractivity contribution in [2.75, 3.05) is 6.54 Å². The van der Waals surface area contributed by atoms with E-state index >= 15 is 0 Å². The van der Waals surface area contributed by atoms with Crippen molar-refractivity contribution in [2.45, 2.75) is 50.9 Å². The molecule has 0 radical (unpaired) electrons. The number of aliphatic hydroxyl groups excluding tert-OH is 1. The van der Waals surface area contributed by atoms with Gasteiger partial charge in [-0.25, -0.2) is 4.39 Å². The van der Waals surface area contributed by atoms with Crippen molar-refractivity contribution >= 4 is 0 Å². The highest BCUT2D eigenvalue weighted by Gasteiger charge is 2.33. The third-order valence-corrected chi connectivity index (χ3v) is 4.90. The fraction of sp³-hybridized carbons (Fsp3) is 0.429. The van der Waals surface area contributed by atoms with E-state index in [2.05, 4.69) is 5.32 Å². The SMILES string of the molecule is Cc1ccccc1O[C@@H]1CCC[C@H](NCCc2ccc(F)cc2)[C@H]1O. The molecule has 0 heterocycles. The number of aliphatic hydroxyl groups is 1. The normalized spacial score (nSPS) is 23.4. The lowest BCUT2D eigenvalue weighted by molar-refractivity contribution is -0.0154. The predicted molar refractivity (Wildman–Crippen MR) is 97.3 cm³/mol. The van der Waals surface area contributed by atoms with Gasteiger partial charge in [0.1, 0.15) is 23.8 Å². The number of benzene rings is 2. The molecule has 2 N–H and O–H groups in total. The molecule has 3 rings (SSSR count). The molecule has 1 fully saturated rings. The van der Waals surface area contributed by atoms with Gasteiger partial charge in [0.15, 0.2) is 0 Å². The first-order valence-corrected chi connectivity index (χ1v) is 9.01. The lowest BCUT2D eigenvalue weighted by Gasteiger charge is -2.35. The standard InChI is InChI=1S/C21H26FNO2/c1-15-5-2-3-7-19(15)25-20-8-4-6-18(21(20)24)23-14-13-16-9-11-17(22)12-10-16/h2-3,5,7,9-12,18,20-21,23-24H,4,6,8,13-14H2,1H3/t18-,20+,21+/m0/s1. The maximum Gasteiger partial charge on any atom is 0.126 e. The van der Waals surface area contributed by atoms with Gasteiger partial charge in [-0.2, -0.15) is 0 Å². The van der Waals surface area contributed by atoms with Crippen molar-refractivity contribution in [1.29, 1.82) is 0 Å². The highest BCUT2D eigenvalue weighted by Crippen LogP contribution is 2.26. The number of halogens is 1. The molecule has 0 bridgehead atoms. The van der Waals surface area contributed by atoms with Crippen LogP contribution in [0.4, 0.5) is 4.39 Å². The van der Waals surface area contributed by atoms with Gasteiger partial charge in [-0.3, -0.25) is 0 Å². The fourth-order valence-electron chi connectivity index (χ4n) is 3.40. The van der Waals surface area contributed by atoms with Crippen molar-refractivity contribution in [3.05, 3.63) is 65.5 Å². The molecule has 1 aliphatic carbocycles. The fourth-order valence-corrected chi connectivity index (χ4v) is 3.40. The average Bonchev–Trinajstić information content (AvgIpc) is 2.61. The van der Waals surface area contributed by atoms with E-state index in [4.69, 9.17) is 4.74 Å². The zero-order valence-electron chi connectivity index (χ0n) is 14.6. The van der Waals surface area contributed by atoms with Crippen LogP contribution in [0.5, 0.6) is 5.75 Å². The molecule has 3 nitrogen and oxygen atoms in total. The molecule has 0 spiro atoms. The molecule has 1 aliphatic rings. The predicted octanol–water partition coefficient (Wildman–Crippen LogP) is 3.63. The monoisotopic (exact) mass is 343 g/mol. The van der Waals surface area contributed by atoms with Crippen molar-refractivity contribution in [3.8, 4) is 5.75 Å². The molecule has 25 heavy (non-hydrogen) atoms. The Morgan fingerprint density at radius 3 is 2.64 bits per heavy atom. The van der Waals surface area contributed by atoms with Crippen molar-refractivity contribution in [2.24, 2.45) is 0 Å². The Kier molecular flexibility index (Phi) is 6.05. The van der Waals surface area contributed by atoms with E-state index in [1.165, 1.54) is 12.1 Å². The van der Waals surface area contributed by atoms with Crippen LogP contribution in [0.1, 0.15) is 30.4 Å². The summed E-state index contributed by atoms with van der Waals surface area (Å²) in [6, 6.07) is 14.5. The van der Waals surface area contributed by atoms with Gasteiger partial charge in [0.25, 0.3) is 0 Å². The second-order valence-electron chi connectivity index (χ2n) is 6.78. The summed E-state index contributed by atoms with van der Waals surface area (Å²) in [7, 11) is 0. The van der Waals surface area contributed by atoms with Gasteiger partial charge in [0.2, 0.25) is 0 Å². The summed E-state index contributed by atoms with van der Waals surface area (Å²) in [4.78, 5) is 0. The second-order valence-corrected chi connectivity index (χ2v) is 6.78. The van der Waals surface area contributed by atoms with Gasteiger partial charge in [-0.1, -0.05) is 30.3 Å². The van der Waals surface area contributed by atoms with E-state index in [0.717, 1.165) is 49.1 Å². The first-order chi connectivity index (χ1) is 12.1. The minimum Gasteiger partial charge on any atom is -0.487 e. The number of rotatable bonds is 6. The zero-order valence-corrected chi connectivity index (χ0v) is 14.6. The van der Waals surface area contributed by atoms with E-state index in [-0.39, 0.29) is 18.0 Å². The van der Waals surface area contributed by atoms with Gasteiger partial charge < -0.3 is 15.2 Å². The van der Waals surface area contributed by atoms with Crippen LogP contribution in [0, 0.1) is 12.7 Å². The van der Waals surface area contributed by atoms with Crippen LogP contribution in [0.2, 0.25) is 0 Å². The Morgan fingerprint density at radius 1 is 1.12 bits per heavy atom. The quantitative estimate of drug-likeness (QED) is 0.842. The molecule has 0 saturated heterocycles. The Morgan fingerprint density at radius 2 is 1.88 bits per heavy atom. The Hall–Kier alpha value is -1.91. The first kappa shape index (κ1) is 17.9. The number of nitrogens with one attached hydrogen (secondary N) is 1. The molecule has 0 amide bonds. The highest BCUT2D eigenvalue weighted by molar-refractivity contribution is 5.32. The summed E-state index contributed by atoms with van der Waals surface area (Å²) in [6.45, 7) is 2.77. The zero-order chi connectivity index (χ0) is 17.6. The number of para-hydroxylation sites is 1. The lowest BCUT2D eigenvalue weighted by Crippen LogP contribution is -2.51. The van der Waals surface area contributed by atoms with Crippen LogP contribution in [0.3, 0.4) is 0 Å². The highest BCUT2D eigenvalue weighted by atomic mass is 19.1. The smallest absolute Gasteiger partial charge is 0.126 e. The molecule has 2 aromatic rings. The van der Waals surface area contributed by atoms with Crippen LogP contribution in [0.15, 0.2) is 48.5 Å².